The van der Waals surface area contributed by atoms with Crippen LogP contribution in [0.15, 0.2) is 54.9 Å². The number of aromatic nitrogens is 2. The lowest BCUT2D eigenvalue weighted by atomic mass is 10.2. The van der Waals surface area contributed by atoms with Gasteiger partial charge < -0.3 is 15.4 Å². The van der Waals surface area contributed by atoms with Gasteiger partial charge in [-0.05, 0) is 62.7 Å². The van der Waals surface area contributed by atoms with Crippen LogP contribution in [0.3, 0.4) is 0 Å². The van der Waals surface area contributed by atoms with Gasteiger partial charge in [-0.25, -0.2) is 9.97 Å². The van der Waals surface area contributed by atoms with Crippen LogP contribution >= 0.6 is 11.6 Å². The number of nitrogens with one attached hydrogen (secondary N) is 2. The molecule has 6 nitrogen and oxygen atoms in total. The zero-order valence-corrected chi connectivity index (χ0v) is 16.6. The van der Waals surface area contributed by atoms with E-state index in [4.69, 9.17) is 16.3 Å². The molecule has 3 rings (SSSR count). The molecule has 0 aliphatic carbocycles. The van der Waals surface area contributed by atoms with E-state index in [0.717, 1.165) is 17.0 Å². The van der Waals surface area contributed by atoms with Crippen LogP contribution in [0.1, 0.15) is 29.9 Å². The van der Waals surface area contributed by atoms with Gasteiger partial charge in [0.15, 0.2) is 0 Å². The van der Waals surface area contributed by atoms with Crippen LogP contribution in [-0.2, 0) is 0 Å². The van der Waals surface area contributed by atoms with Crippen LogP contribution in [0, 0.1) is 6.92 Å². The molecule has 144 valence electrons. The lowest BCUT2D eigenvalue weighted by Crippen LogP contribution is -2.14. The number of hydrogen-bond acceptors (Lipinski definition) is 5. The van der Waals surface area contributed by atoms with Crippen LogP contribution < -0.4 is 15.4 Å². The van der Waals surface area contributed by atoms with Crippen molar-refractivity contribution in [3.05, 3.63) is 71.1 Å². The van der Waals surface area contributed by atoms with Crippen molar-refractivity contribution in [3.63, 3.8) is 0 Å². The highest BCUT2D eigenvalue weighted by Crippen LogP contribution is 2.22. The fraction of sp³-hybridized carbons (Fsp3) is 0.190. The van der Waals surface area contributed by atoms with Gasteiger partial charge in [-0.2, -0.15) is 0 Å². The van der Waals surface area contributed by atoms with Gasteiger partial charge in [0.25, 0.3) is 5.91 Å². The Bertz CT molecular complexity index is 957. The third-order valence-electron chi connectivity index (χ3n) is 3.81. The summed E-state index contributed by atoms with van der Waals surface area (Å²) in [5.74, 6) is 0.932. The van der Waals surface area contributed by atoms with Crippen LogP contribution in [0.2, 0.25) is 5.02 Å². The summed E-state index contributed by atoms with van der Waals surface area (Å²) >= 11 is 6.12. The molecule has 0 fully saturated rings. The van der Waals surface area contributed by atoms with Gasteiger partial charge in [0.05, 0.1) is 18.5 Å². The van der Waals surface area contributed by atoms with Gasteiger partial charge >= 0.3 is 0 Å². The molecule has 2 aromatic carbocycles. The Labute approximate surface area is 168 Å². The quantitative estimate of drug-likeness (QED) is 0.597. The summed E-state index contributed by atoms with van der Waals surface area (Å²) in [7, 11) is 0. The maximum absolute atomic E-state index is 12.3. The average molecular weight is 397 g/mol. The highest BCUT2D eigenvalue weighted by Gasteiger charge is 2.09. The lowest BCUT2D eigenvalue weighted by Gasteiger charge is -2.10. The molecule has 0 radical (unpaired) electrons. The van der Waals surface area contributed by atoms with Crippen LogP contribution in [0.25, 0.3) is 0 Å². The van der Waals surface area contributed by atoms with Crippen molar-refractivity contribution in [2.45, 2.75) is 26.9 Å². The third-order valence-corrected chi connectivity index (χ3v) is 4.22. The van der Waals surface area contributed by atoms with E-state index in [1.165, 1.54) is 12.4 Å². The number of anilines is 3. The van der Waals surface area contributed by atoms with Gasteiger partial charge in [0.1, 0.15) is 17.3 Å². The fourth-order valence-corrected chi connectivity index (χ4v) is 2.59. The minimum absolute atomic E-state index is 0.0961. The summed E-state index contributed by atoms with van der Waals surface area (Å²) < 4.78 is 5.58. The number of carbonyl (C=O) groups excluding carboxylic acids is 1. The summed E-state index contributed by atoms with van der Waals surface area (Å²) in [5, 5.41) is 6.56. The third kappa shape index (κ3) is 5.20. The van der Waals surface area contributed by atoms with Crippen molar-refractivity contribution in [2.75, 3.05) is 10.6 Å². The smallest absolute Gasteiger partial charge is 0.275 e. The van der Waals surface area contributed by atoms with Gasteiger partial charge in [0.2, 0.25) is 0 Å². The molecule has 1 aromatic heterocycles. The minimum atomic E-state index is -0.338. The maximum Gasteiger partial charge on any atom is 0.275 e. The molecular weight excluding hydrogens is 376 g/mol. The molecule has 0 saturated heterocycles. The number of nitrogens with zero attached hydrogens (tertiary/aromatic N) is 2. The largest absolute Gasteiger partial charge is 0.491 e. The Morgan fingerprint density at radius 3 is 2.36 bits per heavy atom. The normalized spacial score (nSPS) is 10.6. The standard InChI is InChI=1S/C21H21ClN4O2/c1-13(2)28-17-8-6-15(7-9-17)26-21(27)19-11-24-20(12-23-19)25-16-5-4-14(3)18(22)10-16/h4-13H,1-3H3,(H,24,25)(H,26,27). The summed E-state index contributed by atoms with van der Waals surface area (Å²) in [6, 6.07) is 12.8. The Balaban J connectivity index is 1.62. The Morgan fingerprint density at radius 1 is 1.04 bits per heavy atom. The van der Waals surface area contributed by atoms with E-state index in [-0.39, 0.29) is 17.7 Å². The highest BCUT2D eigenvalue weighted by molar-refractivity contribution is 6.31. The van der Waals surface area contributed by atoms with Crippen LogP contribution in [0.5, 0.6) is 5.75 Å². The zero-order valence-electron chi connectivity index (χ0n) is 15.9. The molecule has 0 aliphatic heterocycles. The van der Waals surface area contributed by atoms with E-state index in [0.29, 0.717) is 16.5 Å². The summed E-state index contributed by atoms with van der Waals surface area (Å²) in [6.07, 6.45) is 3.02. The molecule has 0 spiro atoms. The molecule has 0 aliphatic rings. The topological polar surface area (TPSA) is 76.1 Å². The number of halogens is 1. The van der Waals surface area contributed by atoms with Crippen LogP contribution in [0.4, 0.5) is 17.2 Å². The number of hydrogen-bond donors (Lipinski definition) is 2. The highest BCUT2D eigenvalue weighted by atomic mass is 35.5. The van der Waals surface area contributed by atoms with Crippen molar-refractivity contribution in [1.29, 1.82) is 0 Å². The average Bonchev–Trinajstić information content (AvgIpc) is 2.66. The Hall–Kier alpha value is -3.12. The van der Waals surface area contributed by atoms with Crippen molar-refractivity contribution in [2.24, 2.45) is 0 Å². The Morgan fingerprint density at radius 2 is 1.75 bits per heavy atom. The molecule has 1 heterocycles. The molecule has 2 N–H and O–H groups in total. The van der Waals surface area contributed by atoms with E-state index in [2.05, 4.69) is 20.6 Å². The number of carbonyl (C=O) groups is 1. The van der Waals surface area contributed by atoms with Gasteiger partial charge in [-0.3, -0.25) is 4.79 Å². The number of aryl methyl sites for hydroxylation is 1. The second-order valence-electron chi connectivity index (χ2n) is 6.52. The first-order valence-electron chi connectivity index (χ1n) is 8.84. The van der Waals surface area contributed by atoms with E-state index in [9.17, 15) is 4.79 Å². The predicted molar refractivity (Wildman–Crippen MR) is 112 cm³/mol. The van der Waals surface area contributed by atoms with E-state index < -0.39 is 0 Å². The van der Waals surface area contributed by atoms with Crippen molar-refractivity contribution in [1.82, 2.24) is 9.97 Å². The number of ether oxygens (including phenoxy) is 1. The Kier molecular flexibility index (Phi) is 6.11. The van der Waals surface area contributed by atoms with Gasteiger partial charge in [-0.15, -0.1) is 0 Å². The van der Waals surface area contributed by atoms with E-state index in [1.807, 2.05) is 39.0 Å². The number of amides is 1. The van der Waals surface area contributed by atoms with Gasteiger partial charge in [0, 0.05) is 16.4 Å². The van der Waals surface area contributed by atoms with Gasteiger partial charge in [-0.1, -0.05) is 17.7 Å². The molecular formula is C21H21ClN4O2. The fourth-order valence-electron chi connectivity index (χ4n) is 2.41. The second-order valence-corrected chi connectivity index (χ2v) is 6.93. The molecule has 28 heavy (non-hydrogen) atoms. The number of rotatable bonds is 6. The van der Waals surface area contributed by atoms with Crippen molar-refractivity contribution in [3.8, 4) is 5.75 Å². The molecule has 0 atom stereocenters. The predicted octanol–water partition coefficient (Wildman–Crippen LogP) is 5.22. The van der Waals surface area contributed by atoms with E-state index >= 15 is 0 Å². The molecule has 3 aromatic rings. The number of benzene rings is 2. The molecule has 7 heteroatoms. The van der Waals surface area contributed by atoms with Crippen molar-refractivity contribution < 1.29 is 9.53 Å². The lowest BCUT2D eigenvalue weighted by molar-refractivity contribution is 0.102. The van der Waals surface area contributed by atoms with Crippen molar-refractivity contribution >= 4 is 34.7 Å². The summed E-state index contributed by atoms with van der Waals surface area (Å²) in [4.78, 5) is 20.8. The first kappa shape index (κ1) is 19.6. The molecule has 0 bridgehead atoms. The molecule has 0 saturated carbocycles. The molecule has 1 amide bonds. The maximum atomic E-state index is 12.3. The summed E-state index contributed by atoms with van der Waals surface area (Å²) in [6.45, 7) is 5.85. The van der Waals surface area contributed by atoms with E-state index in [1.54, 1.807) is 24.3 Å². The first-order valence-corrected chi connectivity index (χ1v) is 9.22. The first-order chi connectivity index (χ1) is 13.4. The summed E-state index contributed by atoms with van der Waals surface area (Å²) in [5.41, 5.74) is 2.66. The van der Waals surface area contributed by atoms with Crippen LogP contribution in [-0.4, -0.2) is 22.0 Å². The minimum Gasteiger partial charge on any atom is -0.491 e. The zero-order chi connectivity index (χ0) is 20.1. The second kappa shape index (κ2) is 8.71. The SMILES string of the molecule is Cc1ccc(Nc2cnc(C(=O)Nc3ccc(OC(C)C)cc3)cn2)cc1Cl. The molecule has 0 unspecified atom stereocenters. The monoisotopic (exact) mass is 396 g/mol.